The lowest BCUT2D eigenvalue weighted by molar-refractivity contribution is 1.04. The van der Waals surface area contributed by atoms with Crippen molar-refractivity contribution in [3.8, 4) is 22.8 Å². The Labute approximate surface area is 129 Å². The van der Waals surface area contributed by atoms with E-state index in [2.05, 4.69) is 28.1 Å². The molecule has 3 rings (SSSR count). The van der Waals surface area contributed by atoms with Gasteiger partial charge in [0.15, 0.2) is 17.5 Å². The summed E-state index contributed by atoms with van der Waals surface area (Å²) in [6.07, 6.45) is 1.65. The molecule has 1 heterocycles. The molecule has 0 N–H and O–H groups in total. The lowest BCUT2D eigenvalue weighted by Crippen LogP contribution is -2.01. The van der Waals surface area contributed by atoms with Crippen LogP contribution >= 0.6 is 0 Å². The Hall–Kier alpha value is -3.07. The summed E-state index contributed by atoms with van der Waals surface area (Å²) < 4.78 is 0. The van der Waals surface area contributed by atoms with Gasteiger partial charge < -0.3 is 0 Å². The predicted molar refractivity (Wildman–Crippen MR) is 89.9 cm³/mol. The van der Waals surface area contributed by atoms with Crippen LogP contribution in [-0.4, -0.2) is 15.0 Å². The zero-order valence-electron chi connectivity index (χ0n) is 12.1. The van der Waals surface area contributed by atoms with Gasteiger partial charge in [-0.1, -0.05) is 79.9 Å². The Bertz CT molecular complexity index is 751. The van der Waals surface area contributed by atoms with Gasteiger partial charge >= 0.3 is 0 Å². The Morgan fingerprint density at radius 2 is 1.18 bits per heavy atom. The molecule has 0 amide bonds. The fraction of sp³-hybridized carbons (Fsp3) is 0. The maximum absolute atomic E-state index is 4.59. The van der Waals surface area contributed by atoms with Crippen molar-refractivity contribution >= 4 is 5.57 Å². The van der Waals surface area contributed by atoms with Crippen LogP contribution in [0.4, 0.5) is 0 Å². The lowest BCUT2D eigenvalue weighted by Gasteiger charge is -2.07. The second kappa shape index (κ2) is 6.14. The highest BCUT2D eigenvalue weighted by molar-refractivity contribution is 5.70. The van der Waals surface area contributed by atoms with Crippen molar-refractivity contribution in [3.05, 3.63) is 85.7 Å². The van der Waals surface area contributed by atoms with E-state index in [4.69, 9.17) is 0 Å². The number of aromatic nitrogens is 3. The Morgan fingerprint density at radius 3 is 1.59 bits per heavy atom. The van der Waals surface area contributed by atoms with Gasteiger partial charge in [0.05, 0.1) is 0 Å². The van der Waals surface area contributed by atoms with Gasteiger partial charge in [0, 0.05) is 16.7 Å². The van der Waals surface area contributed by atoms with Gasteiger partial charge in [0.1, 0.15) is 0 Å². The average molecular weight is 285 g/mol. The summed E-state index contributed by atoms with van der Waals surface area (Å²) in [5.74, 6) is 1.81. The van der Waals surface area contributed by atoms with Crippen LogP contribution in [0, 0.1) is 0 Å². The van der Waals surface area contributed by atoms with Crippen molar-refractivity contribution in [1.82, 2.24) is 15.0 Å². The quantitative estimate of drug-likeness (QED) is 0.667. The minimum atomic E-state index is 0.544. The summed E-state index contributed by atoms with van der Waals surface area (Å²) in [5.41, 5.74) is 2.57. The fourth-order valence-electron chi connectivity index (χ4n) is 2.04. The van der Waals surface area contributed by atoms with Crippen LogP contribution in [-0.2, 0) is 0 Å². The number of benzene rings is 2. The number of hydrogen-bond donors (Lipinski definition) is 0. The van der Waals surface area contributed by atoms with E-state index in [0.717, 1.165) is 11.1 Å². The lowest BCUT2D eigenvalue weighted by atomic mass is 10.2. The van der Waals surface area contributed by atoms with Crippen molar-refractivity contribution in [2.75, 3.05) is 0 Å². The Kier molecular flexibility index (Phi) is 3.88. The third kappa shape index (κ3) is 2.83. The monoisotopic (exact) mass is 285 g/mol. The summed E-state index contributed by atoms with van der Waals surface area (Å²) >= 11 is 0. The molecule has 0 fully saturated rings. The van der Waals surface area contributed by atoms with Crippen LogP contribution < -0.4 is 0 Å². The number of nitrogens with zero attached hydrogens (tertiary/aromatic N) is 3. The number of allylic oxidation sites excluding steroid dienone is 2. The fourth-order valence-corrected chi connectivity index (χ4v) is 2.04. The van der Waals surface area contributed by atoms with Crippen LogP contribution in [0.3, 0.4) is 0 Å². The van der Waals surface area contributed by atoms with Crippen LogP contribution in [0.2, 0.25) is 0 Å². The Balaban J connectivity index is 2.19. The minimum Gasteiger partial charge on any atom is -0.208 e. The second-order valence-corrected chi connectivity index (χ2v) is 4.77. The molecule has 0 spiro atoms. The van der Waals surface area contributed by atoms with E-state index >= 15 is 0 Å². The van der Waals surface area contributed by atoms with Gasteiger partial charge in [0.2, 0.25) is 0 Å². The molecule has 0 radical (unpaired) electrons. The van der Waals surface area contributed by atoms with Gasteiger partial charge in [-0.05, 0) is 0 Å². The van der Waals surface area contributed by atoms with Crippen molar-refractivity contribution in [3.63, 3.8) is 0 Å². The molecule has 0 unspecified atom stereocenters. The molecule has 0 aliphatic carbocycles. The third-order valence-electron chi connectivity index (χ3n) is 3.23. The minimum absolute atomic E-state index is 0.544. The van der Waals surface area contributed by atoms with Crippen molar-refractivity contribution in [1.29, 1.82) is 0 Å². The van der Waals surface area contributed by atoms with Crippen molar-refractivity contribution in [2.45, 2.75) is 0 Å². The van der Waals surface area contributed by atoms with Gasteiger partial charge in [-0.15, -0.1) is 0 Å². The van der Waals surface area contributed by atoms with E-state index in [1.807, 2.05) is 60.7 Å². The third-order valence-corrected chi connectivity index (χ3v) is 3.23. The highest BCUT2D eigenvalue weighted by Gasteiger charge is 2.10. The molecule has 0 bridgehead atoms. The predicted octanol–water partition coefficient (Wildman–Crippen LogP) is 4.40. The first-order valence-electron chi connectivity index (χ1n) is 6.96. The summed E-state index contributed by atoms with van der Waals surface area (Å²) in [6, 6.07) is 19.7. The van der Waals surface area contributed by atoms with Gasteiger partial charge in [0.25, 0.3) is 0 Å². The second-order valence-electron chi connectivity index (χ2n) is 4.77. The van der Waals surface area contributed by atoms with E-state index in [0.29, 0.717) is 23.0 Å². The van der Waals surface area contributed by atoms with Crippen LogP contribution in [0.5, 0.6) is 0 Å². The van der Waals surface area contributed by atoms with Crippen LogP contribution in [0.1, 0.15) is 5.82 Å². The summed E-state index contributed by atoms with van der Waals surface area (Å²) in [5, 5.41) is 0. The topological polar surface area (TPSA) is 38.7 Å². The summed E-state index contributed by atoms with van der Waals surface area (Å²) in [7, 11) is 0. The smallest absolute Gasteiger partial charge is 0.164 e. The van der Waals surface area contributed by atoms with Crippen LogP contribution in [0.15, 0.2) is 79.9 Å². The van der Waals surface area contributed by atoms with Gasteiger partial charge in [-0.3, -0.25) is 0 Å². The molecule has 106 valence electrons. The summed E-state index contributed by atoms with van der Waals surface area (Å²) in [6.45, 7) is 7.68. The molecular formula is C19H15N3. The molecule has 3 heteroatoms. The molecule has 0 atom stereocenters. The number of rotatable bonds is 4. The molecule has 1 aromatic heterocycles. The number of hydrogen-bond acceptors (Lipinski definition) is 3. The van der Waals surface area contributed by atoms with E-state index in [1.54, 1.807) is 6.08 Å². The first kappa shape index (κ1) is 13.9. The highest BCUT2D eigenvalue weighted by Crippen LogP contribution is 2.22. The van der Waals surface area contributed by atoms with Crippen molar-refractivity contribution < 1.29 is 0 Å². The molecule has 0 saturated heterocycles. The molecular weight excluding hydrogens is 270 g/mol. The van der Waals surface area contributed by atoms with E-state index in [-0.39, 0.29) is 0 Å². The van der Waals surface area contributed by atoms with Gasteiger partial charge in [-0.2, -0.15) is 0 Å². The van der Waals surface area contributed by atoms with E-state index in [1.165, 1.54) is 0 Å². The highest BCUT2D eigenvalue weighted by atomic mass is 15.0. The standard InChI is InChI=1S/C19H15N3/c1-3-14(2)17-20-18(15-10-6-4-7-11-15)22-19(21-17)16-12-8-5-9-13-16/h3-13H,1-2H2. The summed E-state index contributed by atoms with van der Waals surface area (Å²) in [4.78, 5) is 13.6. The maximum atomic E-state index is 4.59. The maximum Gasteiger partial charge on any atom is 0.164 e. The SMILES string of the molecule is C=CC(=C)c1nc(-c2ccccc2)nc(-c2ccccc2)n1. The molecule has 3 aromatic rings. The zero-order chi connectivity index (χ0) is 15.4. The Morgan fingerprint density at radius 1 is 0.727 bits per heavy atom. The molecule has 0 aliphatic rings. The van der Waals surface area contributed by atoms with Gasteiger partial charge in [-0.25, -0.2) is 15.0 Å². The molecule has 0 saturated carbocycles. The molecule has 3 nitrogen and oxygen atoms in total. The molecule has 0 aliphatic heterocycles. The largest absolute Gasteiger partial charge is 0.208 e. The molecule has 2 aromatic carbocycles. The average Bonchev–Trinajstić information content (AvgIpc) is 2.62. The zero-order valence-corrected chi connectivity index (χ0v) is 12.1. The molecule has 22 heavy (non-hydrogen) atoms. The van der Waals surface area contributed by atoms with Crippen molar-refractivity contribution in [2.24, 2.45) is 0 Å². The first-order valence-corrected chi connectivity index (χ1v) is 6.96. The van der Waals surface area contributed by atoms with Crippen LogP contribution in [0.25, 0.3) is 28.3 Å². The normalized spacial score (nSPS) is 10.2. The first-order chi connectivity index (χ1) is 10.8. The van der Waals surface area contributed by atoms with E-state index in [9.17, 15) is 0 Å². The van der Waals surface area contributed by atoms with E-state index < -0.39 is 0 Å².